The Morgan fingerprint density at radius 1 is 0.944 bits per heavy atom. The van der Waals surface area contributed by atoms with Crippen LogP contribution in [0.2, 0.25) is 0 Å². The molecule has 18 heavy (non-hydrogen) atoms. The summed E-state index contributed by atoms with van der Waals surface area (Å²) in [5.41, 5.74) is 8.72. The van der Waals surface area contributed by atoms with Gasteiger partial charge in [-0.25, -0.2) is 0 Å². The summed E-state index contributed by atoms with van der Waals surface area (Å²) in [5.74, 6) is 0. The van der Waals surface area contributed by atoms with Gasteiger partial charge in [-0.3, -0.25) is 0 Å². The molecule has 0 bridgehead atoms. The molecule has 0 fully saturated rings. The second-order valence-electron chi connectivity index (χ2n) is 4.21. The highest BCUT2D eigenvalue weighted by Gasteiger charge is 2.01. The Kier molecular flexibility index (Phi) is 4.34. The van der Waals surface area contributed by atoms with E-state index in [9.17, 15) is 5.11 Å². The van der Waals surface area contributed by atoms with E-state index in [0.29, 0.717) is 6.54 Å². The van der Waals surface area contributed by atoms with Crippen LogP contribution in [0.15, 0.2) is 54.6 Å². The fourth-order valence-corrected chi connectivity index (χ4v) is 1.73. The van der Waals surface area contributed by atoms with Gasteiger partial charge in [0.25, 0.3) is 0 Å². The summed E-state index contributed by atoms with van der Waals surface area (Å²) in [7, 11) is 0. The number of hydrogen-bond acceptors (Lipinski definition) is 3. The molecule has 0 saturated carbocycles. The summed E-state index contributed by atoms with van der Waals surface area (Å²) >= 11 is 0. The Labute approximate surface area is 107 Å². The smallest absolute Gasteiger partial charge is 0.0834 e. The van der Waals surface area contributed by atoms with Crippen LogP contribution in [0.4, 0.5) is 5.69 Å². The highest BCUT2D eigenvalue weighted by atomic mass is 16.3. The zero-order valence-electron chi connectivity index (χ0n) is 10.2. The van der Waals surface area contributed by atoms with E-state index >= 15 is 0 Å². The lowest BCUT2D eigenvalue weighted by molar-refractivity contribution is 0.196. The van der Waals surface area contributed by atoms with Crippen LogP contribution in [0, 0.1) is 0 Å². The number of hydrogen-bond donors (Lipinski definition) is 3. The van der Waals surface area contributed by atoms with Gasteiger partial charge in [-0.2, -0.15) is 0 Å². The number of nitrogens with one attached hydrogen (secondary N) is 1. The van der Waals surface area contributed by atoms with E-state index in [2.05, 4.69) is 29.6 Å². The van der Waals surface area contributed by atoms with Crippen molar-refractivity contribution in [3.05, 3.63) is 54.6 Å². The van der Waals surface area contributed by atoms with Gasteiger partial charge >= 0.3 is 0 Å². The second-order valence-corrected chi connectivity index (χ2v) is 4.21. The topological polar surface area (TPSA) is 58.3 Å². The molecule has 2 rings (SSSR count). The SMILES string of the molecule is NCC(O)CNc1ccc(-c2ccccc2)cc1. The molecule has 2 aromatic carbocycles. The van der Waals surface area contributed by atoms with Gasteiger partial charge in [0.05, 0.1) is 6.10 Å². The highest BCUT2D eigenvalue weighted by molar-refractivity contribution is 5.65. The maximum absolute atomic E-state index is 9.36. The Bertz CT molecular complexity index is 468. The summed E-state index contributed by atoms with van der Waals surface area (Å²) in [6.07, 6.45) is -0.501. The molecular formula is C15H18N2O. The standard InChI is InChI=1S/C15H18N2O/c16-10-15(18)11-17-14-8-6-13(7-9-14)12-4-2-1-3-5-12/h1-9,15,17-18H,10-11,16H2. The van der Waals surface area contributed by atoms with Crippen LogP contribution in [0.1, 0.15) is 0 Å². The molecule has 0 saturated heterocycles. The minimum Gasteiger partial charge on any atom is -0.390 e. The Morgan fingerprint density at radius 2 is 1.56 bits per heavy atom. The molecule has 0 spiro atoms. The number of rotatable bonds is 5. The molecule has 0 aliphatic carbocycles. The van der Waals surface area contributed by atoms with E-state index in [0.717, 1.165) is 5.69 Å². The van der Waals surface area contributed by atoms with E-state index in [1.54, 1.807) is 0 Å². The van der Waals surface area contributed by atoms with Crippen LogP contribution in [0.5, 0.6) is 0 Å². The summed E-state index contributed by atoms with van der Waals surface area (Å²) in [6.45, 7) is 0.746. The van der Waals surface area contributed by atoms with E-state index in [4.69, 9.17) is 5.73 Å². The summed E-state index contributed by atoms with van der Waals surface area (Å²) < 4.78 is 0. The predicted octanol–water partition coefficient (Wildman–Crippen LogP) is 2.09. The third kappa shape index (κ3) is 3.32. The Balaban J connectivity index is 2.02. The lowest BCUT2D eigenvalue weighted by Gasteiger charge is -2.11. The summed E-state index contributed by atoms with van der Waals surface area (Å²) in [4.78, 5) is 0. The lowest BCUT2D eigenvalue weighted by atomic mass is 10.1. The first kappa shape index (κ1) is 12.6. The number of aliphatic hydroxyl groups is 1. The van der Waals surface area contributed by atoms with Crippen LogP contribution in [-0.4, -0.2) is 24.3 Å². The van der Waals surface area contributed by atoms with Crippen molar-refractivity contribution in [2.75, 3.05) is 18.4 Å². The molecule has 3 nitrogen and oxygen atoms in total. The predicted molar refractivity (Wildman–Crippen MR) is 75.4 cm³/mol. The normalized spacial score (nSPS) is 12.1. The number of anilines is 1. The minimum absolute atomic E-state index is 0.273. The summed E-state index contributed by atoms with van der Waals surface area (Å²) in [5, 5.41) is 12.5. The fraction of sp³-hybridized carbons (Fsp3) is 0.200. The van der Waals surface area contributed by atoms with Gasteiger partial charge in [-0.15, -0.1) is 0 Å². The maximum Gasteiger partial charge on any atom is 0.0834 e. The second kappa shape index (κ2) is 6.19. The van der Waals surface area contributed by atoms with E-state index in [1.165, 1.54) is 11.1 Å². The molecule has 4 N–H and O–H groups in total. The Hall–Kier alpha value is -1.84. The van der Waals surface area contributed by atoms with Gasteiger partial charge in [0.15, 0.2) is 0 Å². The van der Waals surface area contributed by atoms with Gasteiger partial charge in [-0.05, 0) is 23.3 Å². The lowest BCUT2D eigenvalue weighted by Crippen LogP contribution is -2.27. The average molecular weight is 242 g/mol. The van der Waals surface area contributed by atoms with Crippen LogP contribution in [0.3, 0.4) is 0 Å². The van der Waals surface area contributed by atoms with Crippen molar-refractivity contribution >= 4 is 5.69 Å². The number of nitrogens with two attached hydrogens (primary N) is 1. The van der Waals surface area contributed by atoms with Crippen LogP contribution in [-0.2, 0) is 0 Å². The molecule has 3 heteroatoms. The number of benzene rings is 2. The van der Waals surface area contributed by atoms with Crippen LogP contribution in [0.25, 0.3) is 11.1 Å². The first-order chi connectivity index (χ1) is 8.79. The van der Waals surface area contributed by atoms with Crippen LogP contribution < -0.4 is 11.1 Å². The monoisotopic (exact) mass is 242 g/mol. The zero-order valence-corrected chi connectivity index (χ0v) is 10.2. The molecule has 0 heterocycles. The molecule has 1 unspecified atom stereocenters. The first-order valence-electron chi connectivity index (χ1n) is 6.07. The van der Waals surface area contributed by atoms with E-state index < -0.39 is 6.10 Å². The molecule has 0 aromatic heterocycles. The largest absolute Gasteiger partial charge is 0.390 e. The Morgan fingerprint density at radius 3 is 2.17 bits per heavy atom. The molecule has 0 amide bonds. The van der Waals surface area contributed by atoms with Gasteiger partial charge < -0.3 is 16.2 Å². The van der Waals surface area contributed by atoms with Gasteiger partial charge in [-0.1, -0.05) is 42.5 Å². The molecule has 94 valence electrons. The van der Waals surface area contributed by atoms with E-state index in [-0.39, 0.29) is 6.54 Å². The van der Waals surface area contributed by atoms with Crippen molar-refractivity contribution in [3.63, 3.8) is 0 Å². The average Bonchev–Trinajstić information content (AvgIpc) is 2.46. The highest BCUT2D eigenvalue weighted by Crippen LogP contribution is 2.20. The first-order valence-corrected chi connectivity index (χ1v) is 6.07. The molecule has 2 aromatic rings. The molecular weight excluding hydrogens is 224 g/mol. The van der Waals surface area contributed by atoms with Crippen molar-refractivity contribution in [3.8, 4) is 11.1 Å². The van der Waals surface area contributed by atoms with Crippen molar-refractivity contribution in [1.82, 2.24) is 0 Å². The zero-order chi connectivity index (χ0) is 12.8. The molecule has 0 aliphatic rings. The fourth-order valence-electron chi connectivity index (χ4n) is 1.73. The van der Waals surface area contributed by atoms with Crippen LogP contribution >= 0.6 is 0 Å². The quantitative estimate of drug-likeness (QED) is 0.752. The van der Waals surface area contributed by atoms with Gasteiger partial charge in [0.1, 0.15) is 0 Å². The third-order valence-corrected chi connectivity index (χ3v) is 2.81. The van der Waals surface area contributed by atoms with Gasteiger partial charge in [0.2, 0.25) is 0 Å². The minimum atomic E-state index is -0.501. The molecule has 0 radical (unpaired) electrons. The molecule has 1 atom stereocenters. The van der Waals surface area contributed by atoms with Crippen molar-refractivity contribution in [1.29, 1.82) is 0 Å². The van der Waals surface area contributed by atoms with E-state index in [1.807, 2.05) is 30.3 Å². The van der Waals surface area contributed by atoms with Crippen molar-refractivity contribution in [2.24, 2.45) is 5.73 Å². The number of aliphatic hydroxyl groups excluding tert-OH is 1. The van der Waals surface area contributed by atoms with Gasteiger partial charge in [0, 0.05) is 18.8 Å². The van der Waals surface area contributed by atoms with Crippen molar-refractivity contribution in [2.45, 2.75) is 6.10 Å². The van der Waals surface area contributed by atoms with Crippen molar-refractivity contribution < 1.29 is 5.11 Å². The molecule has 0 aliphatic heterocycles. The third-order valence-electron chi connectivity index (χ3n) is 2.81. The summed E-state index contributed by atoms with van der Waals surface area (Å²) in [6, 6.07) is 18.4. The maximum atomic E-state index is 9.36.